The number of hydrogen-bond donors (Lipinski definition) is 2. The lowest BCUT2D eigenvalue weighted by Crippen LogP contribution is -2.39. The van der Waals surface area contributed by atoms with Crippen molar-refractivity contribution in [3.8, 4) is 33.4 Å². The number of ether oxygens (including phenoxy) is 2. The molecule has 0 saturated heterocycles. The summed E-state index contributed by atoms with van der Waals surface area (Å²) in [5.41, 5.74) is 7.10. The van der Waals surface area contributed by atoms with E-state index in [9.17, 15) is 29.4 Å². The van der Waals surface area contributed by atoms with Crippen LogP contribution in [0.5, 0.6) is 0 Å². The van der Waals surface area contributed by atoms with E-state index in [0.29, 0.717) is 11.3 Å². The molecule has 2 amide bonds. The first-order valence-corrected chi connectivity index (χ1v) is 19.8. The molecular formula is C46H52N6O8. The van der Waals surface area contributed by atoms with Crippen LogP contribution in [0.3, 0.4) is 0 Å². The highest BCUT2D eigenvalue weighted by molar-refractivity contribution is 5.84. The van der Waals surface area contributed by atoms with Crippen molar-refractivity contribution < 1.29 is 29.3 Å². The normalized spacial score (nSPS) is 11.8. The van der Waals surface area contributed by atoms with Gasteiger partial charge in [0.2, 0.25) is 0 Å². The Hall–Kier alpha value is -6.38. The number of aromatic nitrogens is 4. The Kier molecular flexibility index (Phi) is 12.6. The number of nitrogens with zero attached hydrogens (tertiary/aromatic N) is 6. The largest absolute Gasteiger partial charge is 0.444 e. The summed E-state index contributed by atoms with van der Waals surface area (Å²) in [5.74, 6) is 0. The van der Waals surface area contributed by atoms with Crippen molar-refractivity contribution in [1.29, 1.82) is 0 Å². The molecule has 0 saturated carbocycles. The minimum absolute atomic E-state index is 0.00179. The van der Waals surface area contributed by atoms with Crippen molar-refractivity contribution in [2.45, 2.75) is 79.7 Å². The summed E-state index contributed by atoms with van der Waals surface area (Å²) in [6.07, 6.45) is 5.03. The van der Waals surface area contributed by atoms with Crippen molar-refractivity contribution >= 4 is 23.5 Å². The standard InChI is InChI=1S/C46H52N6O8/c1-29-35(31-15-17-51-39(23-31)47-25-33(41(51)55)27-49(19-21-53)43(57)59-45(3,4)5)11-9-13-37(29)38-14-10-12-36(30(38)2)32-16-18-52-40(24-32)48-26-34(42(52)56)28-50(20-22-54)44(58)60-46(6,7)8/h9-18,23-26,53-54H,19-22,27-28H2,1-8H3. The highest BCUT2D eigenvalue weighted by Crippen LogP contribution is 2.37. The number of carbonyl (C=O) groups excluding carboxylic acids is 2. The summed E-state index contributed by atoms with van der Waals surface area (Å²) in [6.45, 7) is 13.9. The minimum Gasteiger partial charge on any atom is -0.444 e. The summed E-state index contributed by atoms with van der Waals surface area (Å²) in [5, 5.41) is 19.2. The van der Waals surface area contributed by atoms with E-state index in [2.05, 4.69) is 35.9 Å². The van der Waals surface area contributed by atoms with Gasteiger partial charge in [-0.25, -0.2) is 19.6 Å². The fourth-order valence-electron chi connectivity index (χ4n) is 7.03. The van der Waals surface area contributed by atoms with Crippen molar-refractivity contribution in [3.63, 3.8) is 0 Å². The van der Waals surface area contributed by atoms with Gasteiger partial charge in [-0.1, -0.05) is 36.4 Å². The molecular weight excluding hydrogens is 765 g/mol. The minimum atomic E-state index is -0.738. The Balaban J connectivity index is 1.28. The van der Waals surface area contributed by atoms with Gasteiger partial charge in [-0.05, 0) is 124 Å². The van der Waals surface area contributed by atoms with Crippen LogP contribution in [0.25, 0.3) is 44.7 Å². The molecule has 14 heteroatoms. The molecule has 0 bridgehead atoms. The number of hydrogen-bond acceptors (Lipinski definition) is 10. The van der Waals surface area contributed by atoms with Crippen molar-refractivity contribution in [1.82, 2.24) is 28.6 Å². The monoisotopic (exact) mass is 816 g/mol. The molecule has 4 heterocycles. The van der Waals surface area contributed by atoms with Crippen LogP contribution in [0.2, 0.25) is 0 Å². The van der Waals surface area contributed by atoms with E-state index in [1.54, 1.807) is 53.9 Å². The lowest BCUT2D eigenvalue weighted by atomic mass is 9.88. The molecule has 0 aliphatic carbocycles. The third-order valence-electron chi connectivity index (χ3n) is 9.91. The third kappa shape index (κ3) is 9.56. The van der Waals surface area contributed by atoms with E-state index in [0.717, 1.165) is 44.5 Å². The number of amides is 2. The molecule has 2 N–H and O–H groups in total. The number of carbonyl (C=O) groups is 2. The highest BCUT2D eigenvalue weighted by atomic mass is 16.6. The van der Waals surface area contributed by atoms with E-state index in [1.807, 2.05) is 48.5 Å². The van der Waals surface area contributed by atoms with Gasteiger partial charge in [-0.3, -0.25) is 18.4 Å². The average molecular weight is 817 g/mol. The lowest BCUT2D eigenvalue weighted by molar-refractivity contribution is 0.0192. The maximum Gasteiger partial charge on any atom is 0.410 e. The van der Waals surface area contributed by atoms with Gasteiger partial charge in [0.15, 0.2) is 0 Å². The van der Waals surface area contributed by atoms with Gasteiger partial charge in [0.1, 0.15) is 22.5 Å². The van der Waals surface area contributed by atoms with Crippen LogP contribution in [0.1, 0.15) is 63.8 Å². The first kappa shape index (κ1) is 43.2. The topological polar surface area (TPSA) is 168 Å². The van der Waals surface area contributed by atoms with E-state index in [4.69, 9.17) is 9.47 Å². The Labute approximate surface area is 348 Å². The molecule has 6 rings (SSSR count). The van der Waals surface area contributed by atoms with Crippen molar-refractivity contribution in [3.05, 3.63) is 128 Å². The van der Waals surface area contributed by atoms with Crippen LogP contribution in [0, 0.1) is 13.8 Å². The maximum atomic E-state index is 13.6. The maximum absolute atomic E-state index is 13.6. The first-order chi connectivity index (χ1) is 28.4. The molecule has 0 radical (unpaired) electrons. The second-order valence-corrected chi connectivity index (χ2v) is 16.7. The Bertz CT molecular complexity index is 2510. The SMILES string of the molecule is Cc1c(-c2ccn3c(=O)c(CN(CCO)C(=O)OC(C)(C)C)cnc3c2)cccc1-c1cccc(-c2ccn3c(=O)c(CN(CCO)C(=O)OC(C)(C)C)cnc3c2)c1C. The van der Waals surface area contributed by atoms with Gasteiger partial charge in [-0.2, -0.15) is 0 Å². The number of rotatable bonds is 11. The molecule has 314 valence electrons. The Morgan fingerprint density at radius 2 is 0.983 bits per heavy atom. The number of aliphatic hydroxyl groups excluding tert-OH is 2. The predicted octanol–water partition coefficient (Wildman–Crippen LogP) is 6.78. The molecule has 2 aromatic carbocycles. The van der Waals surface area contributed by atoms with Crippen molar-refractivity contribution in [2.75, 3.05) is 26.3 Å². The molecule has 0 atom stereocenters. The molecule has 0 aliphatic heterocycles. The molecule has 60 heavy (non-hydrogen) atoms. The van der Waals surface area contributed by atoms with Gasteiger partial charge in [0.05, 0.1) is 37.4 Å². The number of benzene rings is 2. The second kappa shape index (κ2) is 17.5. The summed E-state index contributed by atoms with van der Waals surface area (Å²) < 4.78 is 13.8. The summed E-state index contributed by atoms with van der Waals surface area (Å²) in [6, 6.07) is 19.7. The average Bonchev–Trinajstić information content (AvgIpc) is 3.18. The van der Waals surface area contributed by atoms with Gasteiger partial charge >= 0.3 is 12.2 Å². The number of pyridine rings is 2. The zero-order valence-electron chi connectivity index (χ0n) is 35.4. The predicted molar refractivity (Wildman–Crippen MR) is 230 cm³/mol. The third-order valence-corrected chi connectivity index (χ3v) is 9.91. The van der Waals surface area contributed by atoms with Crippen LogP contribution in [0.4, 0.5) is 9.59 Å². The van der Waals surface area contributed by atoms with E-state index in [1.165, 1.54) is 31.0 Å². The van der Waals surface area contributed by atoms with Gasteiger partial charge in [0.25, 0.3) is 11.1 Å². The van der Waals surface area contributed by atoms with Crippen LogP contribution >= 0.6 is 0 Å². The van der Waals surface area contributed by atoms with E-state index >= 15 is 0 Å². The molecule has 0 unspecified atom stereocenters. The molecule has 4 aromatic heterocycles. The van der Waals surface area contributed by atoms with E-state index in [-0.39, 0.29) is 61.6 Å². The molecule has 0 aliphatic rings. The van der Waals surface area contributed by atoms with Crippen LogP contribution in [0.15, 0.2) is 95.0 Å². The van der Waals surface area contributed by atoms with Crippen molar-refractivity contribution in [2.24, 2.45) is 0 Å². The fraction of sp³-hybridized carbons (Fsp3) is 0.348. The lowest BCUT2D eigenvalue weighted by Gasteiger charge is -2.26. The quantitative estimate of drug-likeness (QED) is 0.142. The Morgan fingerprint density at radius 1 is 0.617 bits per heavy atom. The number of fused-ring (bicyclic) bond motifs is 2. The fourth-order valence-corrected chi connectivity index (χ4v) is 7.03. The first-order valence-electron chi connectivity index (χ1n) is 19.8. The zero-order valence-corrected chi connectivity index (χ0v) is 35.4. The highest BCUT2D eigenvalue weighted by Gasteiger charge is 2.25. The Morgan fingerprint density at radius 3 is 1.33 bits per heavy atom. The second-order valence-electron chi connectivity index (χ2n) is 16.7. The summed E-state index contributed by atoms with van der Waals surface area (Å²) in [7, 11) is 0. The summed E-state index contributed by atoms with van der Waals surface area (Å²) in [4.78, 5) is 64.5. The molecule has 0 fully saturated rings. The summed E-state index contributed by atoms with van der Waals surface area (Å²) >= 11 is 0. The van der Waals surface area contributed by atoms with Crippen LogP contribution in [-0.4, -0.2) is 88.5 Å². The van der Waals surface area contributed by atoms with E-state index < -0.39 is 23.4 Å². The van der Waals surface area contributed by atoms with Gasteiger partial charge in [0, 0.05) is 37.9 Å². The number of aliphatic hydroxyl groups is 2. The smallest absolute Gasteiger partial charge is 0.410 e. The van der Waals surface area contributed by atoms with Gasteiger partial charge < -0.3 is 29.5 Å². The molecule has 14 nitrogen and oxygen atoms in total. The molecule has 0 spiro atoms. The molecule has 6 aromatic rings. The zero-order chi connectivity index (χ0) is 43.5. The van der Waals surface area contributed by atoms with Crippen LogP contribution < -0.4 is 11.1 Å². The van der Waals surface area contributed by atoms with Gasteiger partial charge in [-0.15, -0.1) is 0 Å². The van der Waals surface area contributed by atoms with Crippen LogP contribution in [-0.2, 0) is 22.6 Å².